The number of nitrogens with zero attached hydrogens (tertiary/aromatic N) is 4. The van der Waals surface area contributed by atoms with Crippen LogP contribution in [-0.4, -0.2) is 44.6 Å². The molecule has 1 atom stereocenters. The fraction of sp³-hybridized carbons (Fsp3) is 0.273. The Bertz CT molecular complexity index is 1020. The molecule has 1 aliphatic heterocycles. The lowest BCUT2D eigenvalue weighted by Crippen LogP contribution is -2.44. The van der Waals surface area contributed by atoms with E-state index in [1.165, 1.54) is 17.3 Å². The molecule has 1 unspecified atom stereocenters. The van der Waals surface area contributed by atoms with Crippen LogP contribution in [0.4, 0.5) is 5.69 Å². The van der Waals surface area contributed by atoms with Crippen molar-refractivity contribution in [2.75, 3.05) is 18.4 Å². The second-order valence-corrected chi connectivity index (χ2v) is 7.71. The van der Waals surface area contributed by atoms with Crippen LogP contribution in [0, 0.1) is 5.92 Å². The summed E-state index contributed by atoms with van der Waals surface area (Å²) in [7, 11) is 0. The summed E-state index contributed by atoms with van der Waals surface area (Å²) in [5.41, 5.74) is 2.11. The van der Waals surface area contributed by atoms with Gasteiger partial charge >= 0.3 is 0 Å². The van der Waals surface area contributed by atoms with Gasteiger partial charge in [-0.1, -0.05) is 48.0 Å². The quantitative estimate of drug-likeness (QED) is 0.682. The Morgan fingerprint density at radius 1 is 1.13 bits per heavy atom. The van der Waals surface area contributed by atoms with Crippen molar-refractivity contribution in [2.45, 2.75) is 19.3 Å². The number of para-hydroxylation sites is 1. The maximum Gasteiger partial charge on any atom is 0.229 e. The first-order valence-corrected chi connectivity index (χ1v) is 10.3. The van der Waals surface area contributed by atoms with Crippen molar-refractivity contribution in [2.24, 2.45) is 5.92 Å². The zero-order chi connectivity index (χ0) is 20.9. The molecule has 4 rings (SSSR count). The number of halogens is 1. The number of piperidine rings is 1. The zero-order valence-corrected chi connectivity index (χ0v) is 17.1. The van der Waals surface area contributed by atoms with E-state index < -0.39 is 0 Å². The van der Waals surface area contributed by atoms with Crippen molar-refractivity contribution in [1.82, 2.24) is 19.7 Å². The van der Waals surface area contributed by atoms with Crippen LogP contribution >= 0.6 is 11.6 Å². The summed E-state index contributed by atoms with van der Waals surface area (Å²) in [6.45, 7) is 1.09. The molecule has 1 fully saturated rings. The maximum absolute atomic E-state index is 13.0. The Labute approximate surface area is 179 Å². The highest BCUT2D eigenvalue weighted by atomic mass is 35.5. The van der Waals surface area contributed by atoms with E-state index in [2.05, 4.69) is 15.4 Å². The van der Waals surface area contributed by atoms with Gasteiger partial charge in [0.25, 0.3) is 0 Å². The van der Waals surface area contributed by atoms with Gasteiger partial charge in [-0.25, -0.2) is 9.67 Å². The SMILES string of the molecule is O=C(Nc1cccc(Cl)c1-n1cncn1)C1CCCN(C(=O)Cc2ccccc2)C1. The molecule has 2 heterocycles. The van der Waals surface area contributed by atoms with Gasteiger partial charge in [-0.15, -0.1) is 0 Å². The number of nitrogens with one attached hydrogen (secondary N) is 1. The van der Waals surface area contributed by atoms with Crippen LogP contribution < -0.4 is 5.32 Å². The zero-order valence-electron chi connectivity index (χ0n) is 16.4. The van der Waals surface area contributed by atoms with Gasteiger partial charge in [0.15, 0.2) is 0 Å². The molecule has 2 aromatic carbocycles. The highest BCUT2D eigenvalue weighted by molar-refractivity contribution is 6.33. The fourth-order valence-electron chi connectivity index (χ4n) is 3.71. The van der Waals surface area contributed by atoms with Crippen molar-refractivity contribution in [3.8, 4) is 5.69 Å². The van der Waals surface area contributed by atoms with Crippen molar-refractivity contribution in [3.05, 3.63) is 71.8 Å². The van der Waals surface area contributed by atoms with Crippen molar-refractivity contribution in [3.63, 3.8) is 0 Å². The first-order valence-electron chi connectivity index (χ1n) is 9.88. The van der Waals surface area contributed by atoms with Gasteiger partial charge in [-0.3, -0.25) is 9.59 Å². The highest BCUT2D eigenvalue weighted by Gasteiger charge is 2.29. The largest absolute Gasteiger partial charge is 0.342 e. The van der Waals surface area contributed by atoms with Gasteiger partial charge in [-0.2, -0.15) is 5.10 Å². The molecular weight excluding hydrogens is 402 g/mol. The molecule has 1 aromatic heterocycles. The Hall–Kier alpha value is -3.19. The summed E-state index contributed by atoms with van der Waals surface area (Å²) in [6.07, 6.45) is 4.82. The second kappa shape index (κ2) is 9.09. The molecule has 0 aliphatic carbocycles. The number of hydrogen-bond acceptors (Lipinski definition) is 4. The lowest BCUT2D eigenvalue weighted by molar-refractivity contribution is -0.133. The standard InChI is InChI=1S/C22H22ClN5O2/c23-18-9-4-10-19(21(18)28-15-24-14-25-28)26-22(30)17-8-5-11-27(13-17)20(29)12-16-6-2-1-3-7-16/h1-4,6-7,9-10,14-15,17H,5,8,11-13H2,(H,26,30). The van der Waals surface area contributed by atoms with Crippen molar-refractivity contribution >= 4 is 29.1 Å². The van der Waals surface area contributed by atoms with E-state index in [1.54, 1.807) is 23.1 Å². The van der Waals surface area contributed by atoms with Gasteiger partial charge in [-0.05, 0) is 30.5 Å². The third kappa shape index (κ3) is 4.52. The van der Waals surface area contributed by atoms with E-state index in [4.69, 9.17) is 11.6 Å². The van der Waals surface area contributed by atoms with Crippen LogP contribution in [0.1, 0.15) is 18.4 Å². The minimum Gasteiger partial charge on any atom is -0.342 e. The Balaban J connectivity index is 1.44. The van der Waals surface area contributed by atoms with E-state index in [9.17, 15) is 9.59 Å². The molecule has 3 aromatic rings. The summed E-state index contributed by atoms with van der Waals surface area (Å²) < 4.78 is 1.52. The molecule has 154 valence electrons. The van der Waals surface area contributed by atoms with Gasteiger partial charge in [0.2, 0.25) is 11.8 Å². The number of aromatic nitrogens is 3. The third-order valence-electron chi connectivity index (χ3n) is 5.24. The molecule has 8 heteroatoms. The molecule has 30 heavy (non-hydrogen) atoms. The third-order valence-corrected chi connectivity index (χ3v) is 5.54. The molecule has 0 radical (unpaired) electrons. The topological polar surface area (TPSA) is 80.1 Å². The van der Waals surface area contributed by atoms with Crippen LogP contribution in [0.2, 0.25) is 5.02 Å². The van der Waals surface area contributed by atoms with E-state index in [1.807, 2.05) is 30.3 Å². The molecule has 0 saturated carbocycles. The first-order chi connectivity index (χ1) is 14.6. The normalized spacial score (nSPS) is 16.3. The van der Waals surface area contributed by atoms with E-state index >= 15 is 0 Å². The van der Waals surface area contributed by atoms with Crippen LogP contribution in [0.15, 0.2) is 61.2 Å². The Kier molecular flexibility index (Phi) is 6.09. The molecular formula is C22H22ClN5O2. The fourth-order valence-corrected chi connectivity index (χ4v) is 3.97. The summed E-state index contributed by atoms with van der Waals surface area (Å²) >= 11 is 6.34. The first kappa shape index (κ1) is 20.1. The monoisotopic (exact) mass is 423 g/mol. The van der Waals surface area contributed by atoms with Gasteiger partial charge in [0, 0.05) is 13.1 Å². The Morgan fingerprint density at radius 3 is 2.73 bits per heavy atom. The summed E-state index contributed by atoms with van der Waals surface area (Å²) in [4.78, 5) is 31.4. The molecule has 2 amide bonds. The average Bonchev–Trinajstić information content (AvgIpc) is 3.29. The lowest BCUT2D eigenvalue weighted by atomic mass is 9.96. The molecule has 0 spiro atoms. The minimum atomic E-state index is -0.277. The molecule has 7 nitrogen and oxygen atoms in total. The predicted molar refractivity (Wildman–Crippen MR) is 114 cm³/mol. The van der Waals surface area contributed by atoms with E-state index in [0.717, 1.165) is 18.4 Å². The molecule has 1 aliphatic rings. The second-order valence-electron chi connectivity index (χ2n) is 7.31. The highest BCUT2D eigenvalue weighted by Crippen LogP contribution is 2.29. The van der Waals surface area contributed by atoms with Gasteiger partial charge in [0.05, 0.1) is 23.0 Å². The molecule has 0 bridgehead atoms. The Morgan fingerprint density at radius 2 is 1.97 bits per heavy atom. The summed E-state index contributed by atoms with van der Waals surface area (Å²) in [5.74, 6) is -0.360. The van der Waals surface area contributed by atoms with Gasteiger partial charge < -0.3 is 10.2 Å². The lowest BCUT2D eigenvalue weighted by Gasteiger charge is -2.32. The predicted octanol–water partition coefficient (Wildman–Crippen LogP) is 3.34. The average molecular weight is 424 g/mol. The number of amides is 2. The maximum atomic E-state index is 13.0. The smallest absolute Gasteiger partial charge is 0.229 e. The van der Waals surface area contributed by atoms with Crippen molar-refractivity contribution < 1.29 is 9.59 Å². The molecule has 1 saturated heterocycles. The van der Waals surface area contributed by atoms with Gasteiger partial charge in [0.1, 0.15) is 18.3 Å². The summed E-state index contributed by atoms with van der Waals surface area (Å²) in [6, 6.07) is 14.9. The van der Waals surface area contributed by atoms with Crippen LogP contribution in [0.25, 0.3) is 5.69 Å². The van der Waals surface area contributed by atoms with Crippen LogP contribution in [0.5, 0.6) is 0 Å². The number of benzene rings is 2. The number of hydrogen-bond donors (Lipinski definition) is 1. The number of anilines is 1. The summed E-state index contributed by atoms with van der Waals surface area (Å²) in [5, 5.41) is 7.55. The number of rotatable bonds is 5. The molecule has 1 N–H and O–H groups in total. The number of likely N-dealkylation sites (tertiary alicyclic amines) is 1. The van der Waals surface area contributed by atoms with Crippen LogP contribution in [0.3, 0.4) is 0 Å². The minimum absolute atomic E-state index is 0.0461. The van der Waals surface area contributed by atoms with E-state index in [0.29, 0.717) is 35.9 Å². The van der Waals surface area contributed by atoms with Crippen LogP contribution in [-0.2, 0) is 16.0 Å². The number of carbonyl (C=O) groups excluding carboxylic acids is 2. The van der Waals surface area contributed by atoms with Crippen molar-refractivity contribution in [1.29, 1.82) is 0 Å². The van der Waals surface area contributed by atoms with E-state index in [-0.39, 0.29) is 17.7 Å². The number of carbonyl (C=O) groups is 2.